The number of halogens is 1. The van der Waals surface area contributed by atoms with Crippen LogP contribution in [0.25, 0.3) is 0 Å². The minimum Gasteiger partial charge on any atom is -0.359 e. The highest BCUT2D eigenvalue weighted by molar-refractivity contribution is 7.94. The van der Waals surface area contributed by atoms with Gasteiger partial charge in [-0.15, -0.1) is 11.3 Å². The molecule has 0 spiro atoms. The second kappa shape index (κ2) is 4.56. The minimum atomic E-state index is -3.62. The zero-order valence-electron chi connectivity index (χ0n) is 9.97. The Labute approximate surface area is 114 Å². The van der Waals surface area contributed by atoms with Crippen molar-refractivity contribution in [3.63, 3.8) is 0 Å². The van der Waals surface area contributed by atoms with Crippen molar-refractivity contribution in [2.45, 2.75) is 18.1 Å². The number of hydrogen-bond donors (Lipinski definition) is 0. The highest BCUT2D eigenvalue weighted by Gasteiger charge is 2.27. The third-order valence-corrected chi connectivity index (χ3v) is 5.93. The van der Waals surface area contributed by atoms with Crippen LogP contribution in [0, 0.1) is 13.8 Å². The lowest BCUT2D eigenvalue weighted by atomic mass is 10.3. The van der Waals surface area contributed by atoms with Crippen LogP contribution >= 0.6 is 22.9 Å². The van der Waals surface area contributed by atoms with Gasteiger partial charge < -0.3 is 4.52 Å². The molecule has 0 fully saturated rings. The number of thiophene rings is 1. The van der Waals surface area contributed by atoms with E-state index in [-0.39, 0.29) is 4.21 Å². The first-order chi connectivity index (χ1) is 8.34. The first kappa shape index (κ1) is 13.4. The van der Waals surface area contributed by atoms with Gasteiger partial charge in [-0.2, -0.15) is 0 Å². The summed E-state index contributed by atoms with van der Waals surface area (Å²) in [6.07, 6.45) is 0. The predicted octanol–water partition coefficient (Wildman–Crippen LogP) is 2.83. The van der Waals surface area contributed by atoms with E-state index >= 15 is 0 Å². The Morgan fingerprint density at radius 2 is 2.06 bits per heavy atom. The van der Waals surface area contributed by atoms with E-state index in [0.29, 0.717) is 21.5 Å². The van der Waals surface area contributed by atoms with E-state index < -0.39 is 10.0 Å². The molecule has 8 heteroatoms. The van der Waals surface area contributed by atoms with Crippen LogP contribution in [-0.4, -0.2) is 20.6 Å². The zero-order chi connectivity index (χ0) is 13.5. The topological polar surface area (TPSA) is 63.4 Å². The Hall–Kier alpha value is -1.05. The van der Waals surface area contributed by atoms with Crippen LogP contribution in [0.4, 0.5) is 5.69 Å². The van der Waals surface area contributed by atoms with E-state index in [1.165, 1.54) is 13.1 Å². The van der Waals surface area contributed by atoms with Crippen LogP contribution in [0.15, 0.2) is 20.9 Å². The molecular weight excluding hydrogens is 296 g/mol. The summed E-state index contributed by atoms with van der Waals surface area (Å²) in [5, 5.41) is 3.75. The van der Waals surface area contributed by atoms with E-state index in [9.17, 15) is 8.42 Å². The van der Waals surface area contributed by atoms with Gasteiger partial charge in [0.05, 0.1) is 4.34 Å². The Bertz CT molecular complexity index is 656. The summed E-state index contributed by atoms with van der Waals surface area (Å²) < 4.78 is 31.5. The molecule has 0 unspecified atom stereocenters. The third-order valence-electron chi connectivity index (χ3n) is 2.47. The summed E-state index contributed by atoms with van der Waals surface area (Å²) >= 11 is 6.78. The normalized spacial score (nSPS) is 11.8. The molecule has 2 heterocycles. The first-order valence-corrected chi connectivity index (χ1v) is 7.64. The number of anilines is 1. The fourth-order valence-corrected chi connectivity index (χ4v) is 4.57. The van der Waals surface area contributed by atoms with Gasteiger partial charge in [-0.3, -0.25) is 4.31 Å². The van der Waals surface area contributed by atoms with Crippen molar-refractivity contribution >= 4 is 38.6 Å². The largest absolute Gasteiger partial charge is 0.359 e. The van der Waals surface area contributed by atoms with Crippen LogP contribution < -0.4 is 4.31 Å². The quantitative estimate of drug-likeness (QED) is 0.874. The Kier molecular flexibility index (Phi) is 3.39. The van der Waals surface area contributed by atoms with Gasteiger partial charge >= 0.3 is 0 Å². The highest BCUT2D eigenvalue weighted by atomic mass is 35.5. The van der Waals surface area contributed by atoms with E-state index in [1.807, 2.05) is 0 Å². The first-order valence-electron chi connectivity index (χ1n) is 5.01. The molecule has 18 heavy (non-hydrogen) atoms. The molecule has 0 aliphatic heterocycles. The summed E-state index contributed by atoms with van der Waals surface area (Å²) in [6, 6.07) is 3.04. The van der Waals surface area contributed by atoms with Crippen LogP contribution in [0.3, 0.4) is 0 Å². The van der Waals surface area contributed by atoms with Crippen molar-refractivity contribution in [2.24, 2.45) is 0 Å². The van der Waals surface area contributed by atoms with Gasteiger partial charge in [-0.25, -0.2) is 8.42 Å². The molecule has 0 atom stereocenters. The number of nitrogens with zero attached hydrogens (tertiary/aromatic N) is 2. The van der Waals surface area contributed by atoms with Crippen molar-refractivity contribution in [3.8, 4) is 0 Å². The SMILES string of the molecule is Cc1noc(C)c1N(C)S(=O)(=O)c1ccc(Cl)s1. The minimum absolute atomic E-state index is 0.190. The van der Waals surface area contributed by atoms with Gasteiger partial charge in [0.2, 0.25) is 0 Å². The van der Waals surface area contributed by atoms with E-state index in [1.54, 1.807) is 19.9 Å². The Balaban J connectivity index is 2.49. The smallest absolute Gasteiger partial charge is 0.273 e. The van der Waals surface area contributed by atoms with Crippen molar-refractivity contribution in [1.82, 2.24) is 5.16 Å². The van der Waals surface area contributed by atoms with Gasteiger partial charge in [0, 0.05) is 7.05 Å². The van der Waals surface area contributed by atoms with Crippen LogP contribution in [0.1, 0.15) is 11.5 Å². The molecule has 2 aromatic rings. The van der Waals surface area contributed by atoms with Gasteiger partial charge in [0.25, 0.3) is 10.0 Å². The third kappa shape index (κ3) is 2.13. The zero-order valence-corrected chi connectivity index (χ0v) is 12.4. The van der Waals surface area contributed by atoms with Gasteiger partial charge in [0.15, 0.2) is 5.76 Å². The van der Waals surface area contributed by atoms with Crippen molar-refractivity contribution < 1.29 is 12.9 Å². The lowest BCUT2D eigenvalue weighted by molar-refractivity contribution is 0.393. The predicted molar refractivity (Wildman–Crippen MR) is 70.9 cm³/mol. The van der Waals surface area contributed by atoms with Gasteiger partial charge in [-0.05, 0) is 26.0 Å². The molecule has 0 amide bonds. The summed E-state index contributed by atoms with van der Waals surface area (Å²) in [4.78, 5) is 0. The lowest BCUT2D eigenvalue weighted by Gasteiger charge is -2.17. The summed E-state index contributed by atoms with van der Waals surface area (Å²) in [6.45, 7) is 3.36. The van der Waals surface area contributed by atoms with Crippen molar-refractivity contribution in [2.75, 3.05) is 11.4 Å². The summed E-state index contributed by atoms with van der Waals surface area (Å²) in [5.74, 6) is 0.459. The lowest BCUT2D eigenvalue weighted by Crippen LogP contribution is -2.26. The standard InChI is InChI=1S/C10H11ClN2O3S2/c1-6-10(7(2)16-12-6)13(3)18(14,15)9-5-4-8(11)17-9/h4-5H,1-3H3. The molecule has 0 saturated carbocycles. The highest BCUT2D eigenvalue weighted by Crippen LogP contribution is 2.32. The molecule has 0 bridgehead atoms. The molecule has 5 nitrogen and oxygen atoms in total. The van der Waals surface area contributed by atoms with Crippen molar-refractivity contribution in [3.05, 3.63) is 27.9 Å². The molecule has 98 valence electrons. The number of hydrogen-bond acceptors (Lipinski definition) is 5. The van der Waals surface area contributed by atoms with Crippen LogP contribution in [0.5, 0.6) is 0 Å². The van der Waals surface area contributed by atoms with E-state index in [0.717, 1.165) is 15.6 Å². The maximum absolute atomic E-state index is 12.4. The van der Waals surface area contributed by atoms with Gasteiger partial charge in [-0.1, -0.05) is 16.8 Å². The molecule has 2 rings (SSSR count). The molecule has 2 aromatic heterocycles. The number of rotatable bonds is 3. The monoisotopic (exact) mass is 306 g/mol. The maximum Gasteiger partial charge on any atom is 0.273 e. The van der Waals surface area contributed by atoms with Crippen LogP contribution in [-0.2, 0) is 10.0 Å². The molecule has 0 saturated heterocycles. The fourth-order valence-electron chi connectivity index (χ4n) is 1.62. The Morgan fingerprint density at radius 1 is 1.39 bits per heavy atom. The van der Waals surface area contributed by atoms with E-state index in [4.69, 9.17) is 16.1 Å². The average Bonchev–Trinajstić information content (AvgIpc) is 2.85. The molecule has 0 aliphatic rings. The fraction of sp³-hybridized carbons (Fsp3) is 0.300. The Morgan fingerprint density at radius 3 is 2.50 bits per heavy atom. The summed E-state index contributed by atoms with van der Waals surface area (Å²) in [7, 11) is -2.15. The van der Waals surface area contributed by atoms with E-state index in [2.05, 4.69) is 5.16 Å². The molecule has 0 aliphatic carbocycles. The van der Waals surface area contributed by atoms with Crippen molar-refractivity contribution in [1.29, 1.82) is 0 Å². The second-order valence-corrected chi connectivity index (χ2v) is 7.62. The number of aromatic nitrogens is 1. The van der Waals surface area contributed by atoms with Crippen LogP contribution in [0.2, 0.25) is 4.34 Å². The maximum atomic E-state index is 12.4. The van der Waals surface area contributed by atoms with Gasteiger partial charge in [0.1, 0.15) is 15.6 Å². The molecule has 0 radical (unpaired) electrons. The molecule has 0 aromatic carbocycles. The summed E-state index contributed by atoms with van der Waals surface area (Å²) in [5.41, 5.74) is 0.987. The molecular formula is C10H11ClN2O3S2. The second-order valence-electron chi connectivity index (χ2n) is 3.70. The average molecular weight is 307 g/mol. The number of sulfonamides is 1. The molecule has 0 N–H and O–H groups in total. The number of aryl methyl sites for hydroxylation is 2.